The Hall–Kier alpha value is -1.99. The molecule has 232 valence electrons. The predicted molar refractivity (Wildman–Crippen MR) is 176 cm³/mol. The molecule has 4 rings (SSSR count). The number of aromatic nitrogens is 1. The number of aliphatic hydroxyl groups excluding tert-OH is 1. The molecule has 1 N–H and O–H groups in total. The second kappa shape index (κ2) is 11.8. The fourth-order valence-corrected chi connectivity index (χ4v) is 7.25. The van der Waals surface area contributed by atoms with Crippen molar-refractivity contribution in [1.82, 2.24) is 4.98 Å². The van der Waals surface area contributed by atoms with Gasteiger partial charge < -0.3 is 19.0 Å². The molecule has 2 atom stereocenters. The Kier molecular flexibility index (Phi) is 9.27. The van der Waals surface area contributed by atoms with E-state index in [0.29, 0.717) is 13.2 Å². The quantitative estimate of drug-likeness (QED) is 0.324. The van der Waals surface area contributed by atoms with E-state index in [9.17, 15) is 5.11 Å². The molecule has 1 aromatic carbocycles. The van der Waals surface area contributed by atoms with Gasteiger partial charge in [0, 0.05) is 22.5 Å². The minimum atomic E-state index is -2.11. The van der Waals surface area contributed by atoms with Gasteiger partial charge in [-0.3, -0.25) is 4.98 Å². The number of ether oxygens (including phenoxy) is 2. The summed E-state index contributed by atoms with van der Waals surface area (Å²) in [5, 5.41) is 12.3. The van der Waals surface area contributed by atoms with Gasteiger partial charge in [0.05, 0.1) is 19.3 Å². The molecule has 0 amide bonds. The second-order valence-corrected chi connectivity index (χ2v) is 20.7. The van der Waals surface area contributed by atoms with Gasteiger partial charge in [0.1, 0.15) is 17.5 Å². The number of aliphatic hydroxyl groups is 1. The van der Waals surface area contributed by atoms with Crippen LogP contribution in [0.5, 0.6) is 5.75 Å². The molecule has 0 saturated heterocycles. The molecule has 0 bridgehead atoms. The number of rotatable bonds is 7. The summed E-state index contributed by atoms with van der Waals surface area (Å²) in [6.07, 6.45) is 3.94. The van der Waals surface area contributed by atoms with Gasteiger partial charge in [0.2, 0.25) is 0 Å². The number of hydrogen-bond acceptors (Lipinski definition) is 5. The number of fused-ring (bicyclic) bond motifs is 1. The van der Waals surface area contributed by atoms with E-state index < -0.39 is 14.4 Å². The van der Waals surface area contributed by atoms with Crippen molar-refractivity contribution in [2.75, 3.05) is 13.2 Å². The Morgan fingerprint density at radius 3 is 2.21 bits per heavy atom. The van der Waals surface area contributed by atoms with Crippen LogP contribution in [0.4, 0.5) is 0 Å². The molecule has 5 nitrogen and oxygen atoms in total. The van der Waals surface area contributed by atoms with E-state index in [4.69, 9.17) is 18.9 Å². The van der Waals surface area contributed by atoms with Crippen LogP contribution in [-0.4, -0.2) is 37.2 Å². The summed E-state index contributed by atoms with van der Waals surface area (Å²) in [6, 6.07) is 7.91. The molecule has 0 unspecified atom stereocenters. The molecule has 0 saturated carbocycles. The molecule has 2 aliphatic rings. The zero-order chi connectivity index (χ0) is 31.3. The first-order valence-electron chi connectivity index (χ1n) is 15.8. The van der Waals surface area contributed by atoms with E-state index in [2.05, 4.69) is 67.6 Å². The van der Waals surface area contributed by atoms with Crippen molar-refractivity contribution < 1.29 is 19.0 Å². The fourth-order valence-electron chi connectivity index (χ4n) is 5.98. The summed E-state index contributed by atoms with van der Waals surface area (Å²) in [7, 11) is -2.11. The van der Waals surface area contributed by atoms with Crippen LogP contribution in [0.15, 0.2) is 30.3 Å². The largest absolute Gasteiger partial charge is 0.488 e. The summed E-state index contributed by atoms with van der Waals surface area (Å²) >= 11 is 0. The highest BCUT2D eigenvalue weighted by molar-refractivity contribution is 6.74. The van der Waals surface area contributed by atoms with E-state index >= 15 is 0 Å². The van der Waals surface area contributed by atoms with Gasteiger partial charge >= 0.3 is 0 Å². The van der Waals surface area contributed by atoms with Crippen molar-refractivity contribution >= 4 is 13.9 Å². The van der Waals surface area contributed by atoms with E-state index in [1.807, 2.05) is 45.0 Å². The fraction of sp³-hybridized carbons (Fsp3) is 0.639. The van der Waals surface area contributed by atoms with Crippen molar-refractivity contribution in [3.63, 3.8) is 0 Å². The van der Waals surface area contributed by atoms with Crippen molar-refractivity contribution in [2.45, 2.75) is 130 Å². The number of hydrogen-bond donors (Lipinski definition) is 1. The van der Waals surface area contributed by atoms with Crippen molar-refractivity contribution in [1.29, 1.82) is 0 Å². The molecule has 1 aliphatic heterocycles. The smallest absolute Gasteiger partial charge is 0.192 e. The van der Waals surface area contributed by atoms with Crippen molar-refractivity contribution in [2.24, 2.45) is 5.41 Å². The maximum Gasteiger partial charge on any atom is 0.192 e. The summed E-state index contributed by atoms with van der Waals surface area (Å²) in [4.78, 5) is 5.41. The lowest BCUT2D eigenvalue weighted by Crippen LogP contribution is -2.44. The van der Waals surface area contributed by atoms with E-state index in [1.54, 1.807) is 0 Å². The molecule has 6 heteroatoms. The third-order valence-electron chi connectivity index (χ3n) is 9.05. The zero-order valence-electron chi connectivity index (χ0n) is 28.3. The Morgan fingerprint density at radius 2 is 1.69 bits per heavy atom. The first-order chi connectivity index (χ1) is 19.3. The second-order valence-electron chi connectivity index (χ2n) is 16.0. The molecule has 0 radical (unpaired) electrons. The van der Waals surface area contributed by atoms with Crippen LogP contribution in [0.2, 0.25) is 18.1 Å². The molecule has 1 aromatic heterocycles. The first-order valence-corrected chi connectivity index (χ1v) is 18.7. The SMILES string of the molecule is CC(C)c1nc2c(c(C3=CCOCC3)c1[C@H](O)c1ccc(OC(C)(C)C)cc1)[C@@H](O[Si](C)(C)C(C)(C)C)CC(C)(C)C2. The summed E-state index contributed by atoms with van der Waals surface area (Å²) in [6.45, 7) is 28.0. The lowest BCUT2D eigenvalue weighted by Gasteiger charge is -2.45. The molecule has 1 aliphatic carbocycles. The Balaban J connectivity index is 1.97. The third kappa shape index (κ3) is 7.20. The Bertz CT molecular complexity index is 1300. The highest BCUT2D eigenvalue weighted by Crippen LogP contribution is 2.51. The van der Waals surface area contributed by atoms with Gasteiger partial charge in [0.25, 0.3) is 0 Å². The molecule has 42 heavy (non-hydrogen) atoms. The monoisotopic (exact) mass is 593 g/mol. The molecular weight excluding hydrogens is 538 g/mol. The highest BCUT2D eigenvalue weighted by Gasteiger charge is 2.45. The van der Waals surface area contributed by atoms with Gasteiger partial charge in [-0.05, 0) is 98.3 Å². The molecular formula is C36H55NO4Si. The van der Waals surface area contributed by atoms with Gasteiger partial charge in [-0.2, -0.15) is 0 Å². The Labute approximate surface area is 256 Å². The predicted octanol–water partition coefficient (Wildman–Crippen LogP) is 9.30. The highest BCUT2D eigenvalue weighted by atomic mass is 28.4. The van der Waals surface area contributed by atoms with Gasteiger partial charge in [0.15, 0.2) is 8.32 Å². The van der Waals surface area contributed by atoms with Gasteiger partial charge in [-0.15, -0.1) is 0 Å². The standard InChI is InChI=1S/C36H55NO4Si/c1-23(2)32-31(33(38)25-13-15-26(16-14-25)40-34(3,4)5)29(24-17-19-39-20-18-24)30-27(37-32)21-36(9,10)22-28(30)41-42(11,12)35(6,7)8/h13-17,23,28,33,38H,18-22H2,1-12H3/t28-,33+/m0/s1. The zero-order valence-corrected chi connectivity index (χ0v) is 29.3. The lowest BCUT2D eigenvalue weighted by molar-refractivity contribution is 0.105. The molecule has 0 fully saturated rings. The number of pyridine rings is 1. The first kappa shape index (κ1) is 32.9. The van der Waals surface area contributed by atoms with Crippen molar-refractivity contribution in [3.05, 3.63) is 64.0 Å². The summed E-state index contributed by atoms with van der Waals surface area (Å²) in [5.74, 6) is 0.941. The topological polar surface area (TPSA) is 60.8 Å². The van der Waals surface area contributed by atoms with Crippen LogP contribution in [0, 0.1) is 5.41 Å². The minimum Gasteiger partial charge on any atom is -0.488 e. The average Bonchev–Trinajstić information content (AvgIpc) is 2.85. The third-order valence-corrected chi connectivity index (χ3v) is 13.5. The number of nitrogens with zero attached hydrogens (tertiary/aromatic N) is 1. The van der Waals surface area contributed by atoms with Crippen LogP contribution in [0.1, 0.15) is 134 Å². The van der Waals surface area contributed by atoms with Gasteiger partial charge in [-0.1, -0.05) is 66.7 Å². The van der Waals surface area contributed by atoms with Crippen LogP contribution < -0.4 is 4.74 Å². The van der Waals surface area contributed by atoms with Crippen LogP contribution in [0.25, 0.3) is 5.57 Å². The van der Waals surface area contributed by atoms with E-state index in [1.165, 1.54) is 11.1 Å². The van der Waals surface area contributed by atoms with E-state index in [0.717, 1.165) is 53.1 Å². The maximum absolute atomic E-state index is 12.2. The minimum absolute atomic E-state index is 0.0611. The molecule has 2 heterocycles. The van der Waals surface area contributed by atoms with Crippen LogP contribution >= 0.6 is 0 Å². The number of benzene rings is 1. The average molecular weight is 594 g/mol. The molecule has 2 aromatic rings. The Morgan fingerprint density at radius 1 is 1.05 bits per heavy atom. The summed E-state index contributed by atoms with van der Waals surface area (Å²) < 4.78 is 19.1. The lowest BCUT2D eigenvalue weighted by atomic mass is 9.71. The van der Waals surface area contributed by atoms with E-state index in [-0.39, 0.29) is 28.1 Å². The maximum atomic E-state index is 12.2. The van der Waals surface area contributed by atoms with Gasteiger partial charge in [-0.25, -0.2) is 0 Å². The normalized spacial score (nSPS) is 20.2. The van der Waals surface area contributed by atoms with Crippen LogP contribution in [0.3, 0.4) is 0 Å². The summed E-state index contributed by atoms with van der Waals surface area (Å²) in [5.41, 5.74) is 7.22. The van der Waals surface area contributed by atoms with Crippen LogP contribution in [-0.2, 0) is 15.6 Å². The molecule has 0 spiro atoms. The van der Waals surface area contributed by atoms with Crippen molar-refractivity contribution in [3.8, 4) is 5.75 Å².